The minimum atomic E-state index is -0.260. The summed E-state index contributed by atoms with van der Waals surface area (Å²) in [7, 11) is 0. The first-order valence-corrected chi connectivity index (χ1v) is 11.0. The molecule has 10 heteroatoms. The number of rotatable bonds is 4. The van der Waals surface area contributed by atoms with Crippen molar-refractivity contribution < 1.29 is 9.59 Å². The molecule has 0 aliphatic carbocycles. The van der Waals surface area contributed by atoms with Gasteiger partial charge in [-0.2, -0.15) is 0 Å². The summed E-state index contributed by atoms with van der Waals surface area (Å²) in [5.74, 6) is 6.23. The van der Waals surface area contributed by atoms with Gasteiger partial charge in [0.15, 0.2) is 0 Å². The number of fused-ring (bicyclic) bond motifs is 1. The number of anilines is 3. The van der Waals surface area contributed by atoms with Crippen LogP contribution in [-0.4, -0.2) is 55.8 Å². The van der Waals surface area contributed by atoms with E-state index < -0.39 is 0 Å². The fraction of sp³-hybridized carbons (Fsp3) is 0.160. The molecule has 0 bridgehead atoms. The van der Waals surface area contributed by atoms with Crippen LogP contribution >= 0.6 is 0 Å². The van der Waals surface area contributed by atoms with E-state index in [4.69, 9.17) is 10.7 Å². The maximum atomic E-state index is 12.6. The minimum absolute atomic E-state index is 0.211. The van der Waals surface area contributed by atoms with E-state index in [2.05, 4.69) is 27.1 Å². The molecule has 3 aromatic heterocycles. The van der Waals surface area contributed by atoms with E-state index >= 15 is 0 Å². The van der Waals surface area contributed by atoms with Crippen LogP contribution < -0.4 is 16.0 Å². The lowest BCUT2D eigenvalue weighted by Gasteiger charge is -2.17. The molecule has 3 N–H and O–H groups in total. The van der Waals surface area contributed by atoms with Crippen LogP contribution in [0.1, 0.15) is 17.3 Å². The van der Waals surface area contributed by atoms with Crippen molar-refractivity contribution in [2.45, 2.75) is 6.92 Å². The average molecular weight is 467 g/mol. The first-order chi connectivity index (χ1) is 17.0. The van der Waals surface area contributed by atoms with E-state index in [1.165, 1.54) is 0 Å². The van der Waals surface area contributed by atoms with Gasteiger partial charge in [0.05, 0.1) is 6.67 Å². The number of hydrogen-bond acceptors (Lipinski definition) is 7. The van der Waals surface area contributed by atoms with E-state index in [1.54, 1.807) is 60.7 Å². The molecule has 4 heterocycles. The Morgan fingerprint density at radius 2 is 1.89 bits per heavy atom. The van der Waals surface area contributed by atoms with Gasteiger partial charge in [-0.15, -0.1) is 0 Å². The average Bonchev–Trinajstić information content (AvgIpc) is 3.51. The molecular weight excluding hydrogens is 444 g/mol. The lowest BCUT2D eigenvalue weighted by atomic mass is 10.1. The second-order valence-electron chi connectivity index (χ2n) is 7.89. The van der Waals surface area contributed by atoms with E-state index in [-0.39, 0.29) is 11.8 Å². The van der Waals surface area contributed by atoms with Crippen LogP contribution in [0.5, 0.6) is 0 Å². The Bertz CT molecular complexity index is 1470. The van der Waals surface area contributed by atoms with Gasteiger partial charge in [-0.05, 0) is 37.1 Å². The fourth-order valence-corrected chi connectivity index (χ4v) is 3.98. The zero-order valence-corrected chi connectivity index (χ0v) is 19.0. The van der Waals surface area contributed by atoms with Crippen molar-refractivity contribution in [3.63, 3.8) is 0 Å². The van der Waals surface area contributed by atoms with Crippen molar-refractivity contribution in [2.75, 3.05) is 35.7 Å². The first kappa shape index (κ1) is 21.9. The SMILES string of the molecule is CC#CC(=O)N1CCN(c2nc(-c3ccc(C(=O)Nc4ccccn4)cc3)c3c(N)nccn23)C1. The Morgan fingerprint density at radius 1 is 1.06 bits per heavy atom. The van der Waals surface area contributed by atoms with Gasteiger partial charge in [0, 0.05) is 42.8 Å². The number of amides is 2. The van der Waals surface area contributed by atoms with Crippen LogP contribution in [0.15, 0.2) is 61.1 Å². The Kier molecular flexibility index (Phi) is 5.73. The molecule has 1 aliphatic rings. The molecule has 0 unspecified atom stereocenters. The maximum absolute atomic E-state index is 12.6. The van der Waals surface area contributed by atoms with Gasteiger partial charge in [-0.25, -0.2) is 15.0 Å². The number of carbonyl (C=O) groups excluding carboxylic acids is 2. The van der Waals surface area contributed by atoms with Crippen LogP contribution in [0.25, 0.3) is 16.8 Å². The van der Waals surface area contributed by atoms with Crippen LogP contribution in [0.3, 0.4) is 0 Å². The molecule has 0 atom stereocenters. The topological polar surface area (TPSA) is 122 Å². The molecule has 1 fully saturated rings. The Hall–Kier alpha value is -4.91. The number of nitrogens with one attached hydrogen (secondary N) is 1. The molecule has 35 heavy (non-hydrogen) atoms. The molecule has 10 nitrogen and oxygen atoms in total. The van der Waals surface area contributed by atoms with Crippen LogP contribution in [0.4, 0.5) is 17.6 Å². The zero-order chi connectivity index (χ0) is 24.4. The van der Waals surface area contributed by atoms with Crippen molar-refractivity contribution in [3.05, 3.63) is 66.6 Å². The smallest absolute Gasteiger partial charge is 0.299 e. The number of carbonyl (C=O) groups is 2. The quantitative estimate of drug-likeness (QED) is 0.443. The highest BCUT2D eigenvalue weighted by molar-refractivity contribution is 6.04. The third-order valence-electron chi connectivity index (χ3n) is 5.67. The summed E-state index contributed by atoms with van der Waals surface area (Å²) in [5.41, 5.74) is 8.81. The van der Waals surface area contributed by atoms with Crippen molar-refractivity contribution in [3.8, 4) is 23.1 Å². The third kappa shape index (κ3) is 4.22. The highest BCUT2D eigenvalue weighted by Crippen LogP contribution is 2.32. The number of nitrogens with two attached hydrogens (primary N) is 1. The summed E-state index contributed by atoms with van der Waals surface area (Å²) < 4.78 is 1.87. The summed E-state index contributed by atoms with van der Waals surface area (Å²) in [5, 5.41) is 2.77. The highest BCUT2D eigenvalue weighted by Gasteiger charge is 2.28. The van der Waals surface area contributed by atoms with Gasteiger partial charge in [-0.3, -0.25) is 14.0 Å². The zero-order valence-electron chi connectivity index (χ0n) is 19.0. The van der Waals surface area contributed by atoms with Crippen molar-refractivity contribution in [2.24, 2.45) is 0 Å². The van der Waals surface area contributed by atoms with Gasteiger partial charge in [0.2, 0.25) is 5.95 Å². The normalized spacial score (nSPS) is 12.9. The standard InChI is InChI=1S/C25H22N8O2/c1-2-5-20(34)31-14-15-32(16-31)25-30-21(22-23(26)28-12-13-33(22)25)17-7-9-18(10-8-17)24(35)29-19-6-3-4-11-27-19/h3-4,6-13H,14-16H2,1H3,(H2,26,28)(H,27,29,35). The Labute approximate surface area is 201 Å². The Balaban J connectivity index is 1.45. The molecule has 1 saturated heterocycles. The second-order valence-corrected chi connectivity index (χ2v) is 7.89. The van der Waals surface area contributed by atoms with Gasteiger partial charge >= 0.3 is 0 Å². The number of pyridine rings is 1. The summed E-state index contributed by atoms with van der Waals surface area (Å²) >= 11 is 0. The Morgan fingerprint density at radius 3 is 2.63 bits per heavy atom. The van der Waals surface area contributed by atoms with Crippen molar-refractivity contribution >= 4 is 34.9 Å². The molecule has 4 aromatic rings. The molecular formula is C25H22N8O2. The van der Waals surface area contributed by atoms with E-state index in [0.29, 0.717) is 54.1 Å². The predicted octanol–water partition coefficient (Wildman–Crippen LogP) is 2.26. The number of hydrogen-bond donors (Lipinski definition) is 2. The number of aromatic nitrogens is 4. The molecule has 0 spiro atoms. The van der Waals surface area contributed by atoms with Crippen LogP contribution in [0, 0.1) is 11.8 Å². The molecule has 0 saturated carbocycles. The molecule has 0 radical (unpaired) electrons. The third-order valence-corrected chi connectivity index (χ3v) is 5.67. The first-order valence-electron chi connectivity index (χ1n) is 11.0. The van der Waals surface area contributed by atoms with E-state index in [1.807, 2.05) is 21.4 Å². The number of benzene rings is 1. The summed E-state index contributed by atoms with van der Waals surface area (Å²) in [6.07, 6.45) is 5.03. The summed E-state index contributed by atoms with van der Waals surface area (Å²) in [6.45, 7) is 3.19. The number of imidazole rings is 1. The number of nitrogen functional groups attached to an aromatic ring is 1. The summed E-state index contributed by atoms with van der Waals surface area (Å²) in [4.78, 5) is 41.7. The van der Waals surface area contributed by atoms with E-state index in [0.717, 1.165) is 5.56 Å². The second kappa shape index (κ2) is 9.15. The van der Waals surface area contributed by atoms with Gasteiger partial charge < -0.3 is 20.9 Å². The fourth-order valence-electron chi connectivity index (χ4n) is 3.98. The van der Waals surface area contributed by atoms with Crippen molar-refractivity contribution in [1.29, 1.82) is 0 Å². The monoisotopic (exact) mass is 466 g/mol. The molecule has 174 valence electrons. The van der Waals surface area contributed by atoms with Gasteiger partial charge in [0.25, 0.3) is 11.8 Å². The number of nitrogens with zero attached hydrogens (tertiary/aromatic N) is 6. The van der Waals surface area contributed by atoms with Crippen LogP contribution in [0.2, 0.25) is 0 Å². The molecule has 5 rings (SSSR count). The molecule has 1 aliphatic heterocycles. The highest BCUT2D eigenvalue weighted by atomic mass is 16.2. The van der Waals surface area contributed by atoms with Crippen molar-refractivity contribution in [1.82, 2.24) is 24.3 Å². The molecule has 1 aromatic carbocycles. The van der Waals surface area contributed by atoms with Crippen LogP contribution in [-0.2, 0) is 4.79 Å². The van der Waals surface area contributed by atoms with Gasteiger partial charge in [-0.1, -0.05) is 24.1 Å². The largest absolute Gasteiger partial charge is 0.382 e. The minimum Gasteiger partial charge on any atom is -0.382 e. The lowest BCUT2D eigenvalue weighted by Crippen LogP contribution is -2.30. The lowest BCUT2D eigenvalue weighted by molar-refractivity contribution is -0.124. The predicted molar refractivity (Wildman–Crippen MR) is 132 cm³/mol. The molecule has 2 amide bonds. The van der Waals surface area contributed by atoms with Gasteiger partial charge in [0.1, 0.15) is 22.8 Å². The maximum Gasteiger partial charge on any atom is 0.299 e. The summed E-state index contributed by atoms with van der Waals surface area (Å²) in [6, 6.07) is 12.4. The van der Waals surface area contributed by atoms with E-state index in [9.17, 15) is 9.59 Å².